The second kappa shape index (κ2) is 5.92. The number of benzene rings is 1. The summed E-state index contributed by atoms with van der Waals surface area (Å²) in [5.41, 5.74) is -1.35. The van der Waals surface area contributed by atoms with E-state index in [1.165, 1.54) is 12.1 Å². The Bertz CT molecular complexity index is 415. The Morgan fingerprint density at radius 2 is 1.84 bits per heavy atom. The Kier molecular flexibility index (Phi) is 4.98. The van der Waals surface area contributed by atoms with Crippen molar-refractivity contribution in [2.75, 3.05) is 6.54 Å². The van der Waals surface area contributed by atoms with Gasteiger partial charge < -0.3 is 10.4 Å². The second-order valence-corrected chi connectivity index (χ2v) is 5.04. The Balaban J connectivity index is 2.86. The molecule has 0 saturated heterocycles. The normalized spacial score (nSPS) is 17.0. The molecule has 2 nitrogen and oxygen atoms in total. The van der Waals surface area contributed by atoms with E-state index in [9.17, 15) is 18.3 Å². The van der Waals surface area contributed by atoms with E-state index in [0.717, 1.165) is 6.07 Å². The molecule has 2 N–H and O–H groups in total. The van der Waals surface area contributed by atoms with Crippen molar-refractivity contribution in [2.24, 2.45) is 0 Å². The molecular weight excluding hydrogens is 255 g/mol. The van der Waals surface area contributed by atoms with Crippen LogP contribution < -0.4 is 5.32 Å². The molecule has 1 aromatic carbocycles. The third-order valence-electron chi connectivity index (χ3n) is 3.28. The molecule has 5 heteroatoms. The van der Waals surface area contributed by atoms with Crippen molar-refractivity contribution in [1.29, 1.82) is 0 Å². The molecule has 2 atom stereocenters. The zero-order valence-corrected chi connectivity index (χ0v) is 11.4. The first-order valence-electron chi connectivity index (χ1n) is 6.29. The van der Waals surface area contributed by atoms with Crippen molar-refractivity contribution in [2.45, 2.75) is 45.0 Å². The average Bonchev–Trinajstić information content (AvgIpc) is 2.35. The van der Waals surface area contributed by atoms with Crippen molar-refractivity contribution < 1.29 is 18.3 Å². The molecule has 0 saturated carbocycles. The number of hydrogen-bond donors (Lipinski definition) is 2. The molecule has 0 fully saturated rings. The number of rotatable bonds is 5. The fraction of sp³-hybridized carbons (Fsp3) is 0.571. The maximum Gasteiger partial charge on any atom is 0.416 e. The molecule has 0 aliphatic carbocycles. The minimum atomic E-state index is -4.36. The lowest BCUT2D eigenvalue weighted by molar-refractivity contribution is -0.138. The van der Waals surface area contributed by atoms with E-state index >= 15 is 0 Å². The topological polar surface area (TPSA) is 32.3 Å². The van der Waals surface area contributed by atoms with E-state index in [-0.39, 0.29) is 12.1 Å². The minimum absolute atomic E-state index is 0.196. The van der Waals surface area contributed by atoms with Crippen LogP contribution in [0.4, 0.5) is 13.2 Å². The van der Waals surface area contributed by atoms with Crippen LogP contribution in [0.25, 0.3) is 0 Å². The highest BCUT2D eigenvalue weighted by Gasteiger charge is 2.34. The highest BCUT2D eigenvalue weighted by atomic mass is 19.4. The first-order valence-corrected chi connectivity index (χ1v) is 6.29. The summed E-state index contributed by atoms with van der Waals surface area (Å²) in [7, 11) is 0. The summed E-state index contributed by atoms with van der Waals surface area (Å²) in [5, 5.41) is 12.8. The molecule has 0 bridgehead atoms. The van der Waals surface area contributed by atoms with Crippen LogP contribution in [0.15, 0.2) is 24.3 Å². The average molecular weight is 275 g/mol. The molecule has 0 aliphatic rings. The second-order valence-electron chi connectivity index (χ2n) is 5.04. The number of nitrogens with one attached hydrogen (secondary N) is 1. The zero-order valence-electron chi connectivity index (χ0n) is 11.4. The molecule has 0 aliphatic heterocycles. The van der Waals surface area contributed by atoms with Crippen molar-refractivity contribution in [3.05, 3.63) is 35.4 Å². The number of aliphatic hydroxyl groups is 1. The highest BCUT2D eigenvalue weighted by molar-refractivity contribution is 5.32. The lowest BCUT2D eigenvalue weighted by Gasteiger charge is -2.26. The monoisotopic (exact) mass is 275 g/mol. The van der Waals surface area contributed by atoms with Gasteiger partial charge in [0.05, 0.1) is 11.2 Å². The molecule has 1 rings (SSSR count). The molecule has 0 heterocycles. The third kappa shape index (κ3) is 4.51. The quantitative estimate of drug-likeness (QED) is 0.861. The predicted octanol–water partition coefficient (Wildman–Crippen LogP) is 3.52. The van der Waals surface area contributed by atoms with Gasteiger partial charge in [-0.15, -0.1) is 0 Å². The zero-order chi connectivity index (χ0) is 14.7. The van der Waals surface area contributed by atoms with Crippen LogP contribution in [-0.2, 0) is 6.18 Å². The van der Waals surface area contributed by atoms with Crippen LogP contribution in [0.3, 0.4) is 0 Å². The fourth-order valence-corrected chi connectivity index (χ4v) is 1.74. The minimum Gasteiger partial charge on any atom is -0.389 e. The van der Waals surface area contributed by atoms with E-state index < -0.39 is 23.4 Å². The molecule has 0 amide bonds. The summed E-state index contributed by atoms with van der Waals surface area (Å²) in [6, 6.07) is 5.02. The van der Waals surface area contributed by atoms with E-state index in [4.69, 9.17) is 0 Å². The van der Waals surface area contributed by atoms with E-state index in [2.05, 4.69) is 5.32 Å². The summed E-state index contributed by atoms with van der Waals surface area (Å²) in [4.78, 5) is 0. The summed E-state index contributed by atoms with van der Waals surface area (Å²) < 4.78 is 38.6. The lowest BCUT2D eigenvalue weighted by Crippen LogP contribution is -2.38. The SMILES string of the molecule is CCC(C)(O)CNC(C)c1ccccc1C(F)(F)F. The molecular formula is C14H20F3NO. The third-order valence-corrected chi connectivity index (χ3v) is 3.28. The van der Waals surface area contributed by atoms with E-state index in [1.54, 1.807) is 19.9 Å². The van der Waals surface area contributed by atoms with Crippen LogP contribution >= 0.6 is 0 Å². The molecule has 2 unspecified atom stereocenters. The van der Waals surface area contributed by atoms with Gasteiger partial charge in [0.25, 0.3) is 0 Å². The molecule has 108 valence electrons. The van der Waals surface area contributed by atoms with Crippen LogP contribution in [0, 0.1) is 0 Å². The first-order chi connectivity index (χ1) is 8.67. The fourth-order valence-electron chi connectivity index (χ4n) is 1.74. The predicted molar refractivity (Wildman–Crippen MR) is 68.8 cm³/mol. The van der Waals surface area contributed by atoms with Crippen molar-refractivity contribution in [3.8, 4) is 0 Å². The van der Waals surface area contributed by atoms with Crippen LogP contribution in [0.1, 0.15) is 44.4 Å². The van der Waals surface area contributed by atoms with Gasteiger partial charge in [0, 0.05) is 12.6 Å². The van der Waals surface area contributed by atoms with Crippen LogP contribution in [0.2, 0.25) is 0 Å². The smallest absolute Gasteiger partial charge is 0.389 e. The van der Waals surface area contributed by atoms with Crippen molar-refractivity contribution >= 4 is 0 Å². The maximum atomic E-state index is 12.9. The van der Waals surface area contributed by atoms with Gasteiger partial charge in [-0.3, -0.25) is 0 Å². The Morgan fingerprint density at radius 3 is 2.37 bits per heavy atom. The van der Waals surface area contributed by atoms with Gasteiger partial charge in [-0.2, -0.15) is 13.2 Å². The van der Waals surface area contributed by atoms with Crippen molar-refractivity contribution in [3.63, 3.8) is 0 Å². The summed E-state index contributed by atoms with van der Waals surface area (Å²) in [6.45, 7) is 5.39. The molecule has 1 aromatic rings. The number of hydrogen-bond acceptors (Lipinski definition) is 2. The lowest BCUT2D eigenvalue weighted by atomic mass is 9.99. The summed E-state index contributed by atoms with van der Waals surface area (Å²) in [5.74, 6) is 0. The number of alkyl halides is 3. The van der Waals surface area contributed by atoms with Crippen molar-refractivity contribution in [1.82, 2.24) is 5.32 Å². The van der Waals surface area contributed by atoms with Gasteiger partial charge in [-0.25, -0.2) is 0 Å². The van der Waals surface area contributed by atoms with E-state index in [0.29, 0.717) is 6.42 Å². The van der Waals surface area contributed by atoms with Gasteiger partial charge >= 0.3 is 6.18 Å². The maximum absolute atomic E-state index is 12.9. The van der Waals surface area contributed by atoms with E-state index in [1.807, 2.05) is 6.92 Å². The van der Waals surface area contributed by atoms with Crippen LogP contribution in [0.5, 0.6) is 0 Å². The van der Waals surface area contributed by atoms with Gasteiger partial charge in [-0.05, 0) is 31.9 Å². The standard InChI is InChI=1S/C14H20F3NO/c1-4-13(3,19)9-18-10(2)11-7-5-6-8-12(11)14(15,16)17/h5-8,10,18-19H,4,9H2,1-3H3. The van der Waals surface area contributed by atoms with Gasteiger partial charge in [0.1, 0.15) is 0 Å². The van der Waals surface area contributed by atoms with Crippen LogP contribution in [-0.4, -0.2) is 17.3 Å². The highest BCUT2D eigenvalue weighted by Crippen LogP contribution is 2.34. The molecule has 19 heavy (non-hydrogen) atoms. The number of halogens is 3. The summed E-state index contributed by atoms with van der Waals surface area (Å²) >= 11 is 0. The summed E-state index contributed by atoms with van der Waals surface area (Å²) in [6.07, 6.45) is -3.83. The Hall–Kier alpha value is -1.07. The molecule has 0 spiro atoms. The van der Waals surface area contributed by atoms with Gasteiger partial charge in [0.2, 0.25) is 0 Å². The van der Waals surface area contributed by atoms with Gasteiger partial charge in [0.15, 0.2) is 0 Å². The van der Waals surface area contributed by atoms with Gasteiger partial charge in [-0.1, -0.05) is 25.1 Å². The largest absolute Gasteiger partial charge is 0.416 e. The molecule has 0 aromatic heterocycles. The molecule has 0 radical (unpaired) electrons. The first kappa shape index (κ1) is 16.0. The Morgan fingerprint density at radius 1 is 1.26 bits per heavy atom. The Labute approximate surface area is 111 Å².